The number of hydrogen-bond acceptors (Lipinski definition) is 4. The zero-order valence-electron chi connectivity index (χ0n) is 16.8. The molecule has 1 fully saturated rings. The molecule has 4 heterocycles. The number of thiol groups is 1. The summed E-state index contributed by atoms with van der Waals surface area (Å²) >= 11 is 4.13. The maximum atomic E-state index is 4.73. The number of fused-ring (bicyclic) bond motifs is 1. The number of aryl methyl sites for hydroxylation is 1. The van der Waals surface area contributed by atoms with E-state index in [0.29, 0.717) is 12.0 Å². The number of aromatic amines is 1. The molecule has 29 heavy (non-hydrogen) atoms. The summed E-state index contributed by atoms with van der Waals surface area (Å²) in [5.74, 6) is 0.712. The summed E-state index contributed by atoms with van der Waals surface area (Å²) in [7, 11) is 0. The summed E-state index contributed by atoms with van der Waals surface area (Å²) in [6.45, 7) is 6.49. The molecule has 150 valence electrons. The Morgan fingerprint density at radius 1 is 1.14 bits per heavy atom. The summed E-state index contributed by atoms with van der Waals surface area (Å²) in [5, 5.41) is 10.3. The van der Waals surface area contributed by atoms with E-state index >= 15 is 0 Å². The fraction of sp³-hybridized carbons (Fsp3) is 0.304. The zero-order valence-corrected chi connectivity index (χ0v) is 17.7. The molecule has 5 rings (SSSR count). The molecule has 1 aromatic carbocycles. The topological polar surface area (TPSA) is 58.5 Å². The van der Waals surface area contributed by atoms with E-state index in [1.54, 1.807) is 6.20 Å². The third-order valence-corrected chi connectivity index (χ3v) is 5.65. The third-order valence-electron chi connectivity index (χ3n) is 5.35. The van der Waals surface area contributed by atoms with Crippen LogP contribution in [-0.2, 0) is 6.54 Å². The van der Waals surface area contributed by atoms with Gasteiger partial charge in [0.15, 0.2) is 0 Å². The van der Waals surface area contributed by atoms with Gasteiger partial charge in [-0.2, -0.15) is 5.10 Å². The second-order valence-corrected chi connectivity index (χ2v) is 8.32. The molecule has 1 aliphatic heterocycles. The van der Waals surface area contributed by atoms with Gasteiger partial charge in [0.05, 0.1) is 22.9 Å². The van der Waals surface area contributed by atoms with Crippen LogP contribution in [0.25, 0.3) is 22.3 Å². The number of pyridine rings is 1. The van der Waals surface area contributed by atoms with Crippen molar-refractivity contribution in [1.82, 2.24) is 25.1 Å². The number of nitrogens with one attached hydrogen (secondary N) is 2. The minimum absolute atomic E-state index is 0.641. The second-order valence-electron chi connectivity index (χ2n) is 7.80. The predicted molar refractivity (Wildman–Crippen MR) is 121 cm³/mol. The Hall–Kier alpha value is -2.57. The Bertz CT molecular complexity index is 1030. The van der Waals surface area contributed by atoms with Gasteiger partial charge in [-0.1, -0.05) is 17.7 Å². The van der Waals surface area contributed by atoms with Gasteiger partial charge in [-0.15, -0.1) is 12.6 Å². The number of hydrogen-bond donors (Lipinski definition) is 3. The highest BCUT2D eigenvalue weighted by Crippen LogP contribution is 2.23. The largest absolute Gasteiger partial charge is 0.346 e. The molecule has 2 unspecified atom stereocenters. The first-order chi connectivity index (χ1) is 14.1. The van der Waals surface area contributed by atoms with Gasteiger partial charge in [-0.25, -0.2) is 4.98 Å². The van der Waals surface area contributed by atoms with E-state index in [1.165, 1.54) is 17.5 Å². The fourth-order valence-electron chi connectivity index (χ4n) is 3.78. The zero-order chi connectivity index (χ0) is 20.2. The van der Waals surface area contributed by atoms with E-state index in [9.17, 15) is 0 Å². The fourth-order valence-corrected chi connectivity index (χ4v) is 3.93. The molecule has 4 aromatic rings. The SMILES string of the molecule is CC1CC(Cn2ccc3nc(-c4cn[nH]c4)ccc32)CN1.Cc1ccc(S)cc1. The van der Waals surface area contributed by atoms with Crippen LogP contribution in [0.5, 0.6) is 0 Å². The summed E-state index contributed by atoms with van der Waals surface area (Å²) in [6, 6.07) is 15.0. The van der Waals surface area contributed by atoms with Crippen LogP contribution >= 0.6 is 12.6 Å². The molecule has 0 spiro atoms. The number of H-pyrrole nitrogens is 1. The number of rotatable bonds is 3. The van der Waals surface area contributed by atoms with Gasteiger partial charge in [0.25, 0.3) is 0 Å². The summed E-state index contributed by atoms with van der Waals surface area (Å²) in [5.41, 5.74) is 5.53. The van der Waals surface area contributed by atoms with Crippen LogP contribution in [0.4, 0.5) is 0 Å². The standard InChI is InChI=1S/C16H19N5.C7H8S/c1-11-6-12(7-17-11)10-21-5-4-15-16(21)3-2-14(20-15)13-8-18-19-9-13;1-6-2-4-7(8)5-3-6/h2-5,8-9,11-12,17H,6-7,10H2,1H3,(H,18,19);2-5,8H,1H3. The number of nitrogens with zero attached hydrogens (tertiary/aromatic N) is 3. The average Bonchev–Trinajstić information content (AvgIpc) is 3.47. The van der Waals surface area contributed by atoms with Gasteiger partial charge in [0.2, 0.25) is 0 Å². The van der Waals surface area contributed by atoms with Gasteiger partial charge in [-0.3, -0.25) is 5.10 Å². The Morgan fingerprint density at radius 2 is 1.97 bits per heavy atom. The summed E-state index contributed by atoms with van der Waals surface area (Å²) in [6.07, 6.45) is 7.08. The lowest BCUT2D eigenvalue weighted by molar-refractivity contribution is 0.483. The van der Waals surface area contributed by atoms with Gasteiger partial charge in [-0.05, 0) is 63.1 Å². The van der Waals surface area contributed by atoms with E-state index in [4.69, 9.17) is 4.98 Å². The van der Waals surface area contributed by atoms with Crippen molar-refractivity contribution in [2.24, 2.45) is 5.92 Å². The first-order valence-electron chi connectivity index (χ1n) is 10.0. The molecule has 0 amide bonds. The molecule has 0 aliphatic carbocycles. The van der Waals surface area contributed by atoms with Crippen molar-refractivity contribution in [3.8, 4) is 11.3 Å². The molecule has 0 bridgehead atoms. The van der Waals surface area contributed by atoms with E-state index in [2.05, 4.69) is 71.0 Å². The third kappa shape index (κ3) is 4.89. The van der Waals surface area contributed by atoms with Crippen LogP contribution in [0.1, 0.15) is 18.9 Å². The van der Waals surface area contributed by atoms with Crippen LogP contribution in [0, 0.1) is 12.8 Å². The lowest BCUT2D eigenvalue weighted by Gasteiger charge is -2.11. The maximum absolute atomic E-state index is 4.73. The summed E-state index contributed by atoms with van der Waals surface area (Å²) < 4.78 is 2.33. The highest BCUT2D eigenvalue weighted by Gasteiger charge is 2.21. The smallest absolute Gasteiger partial charge is 0.0888 e. The van der Waals surface area contributed by atoms with Crippen LogP contribution in [0.15, 0.2) is 66.0 Å². The van der Waals surface area contributed by atoms with E-state index in [-0.39, 0.29) is 0 Å². The second kappa shape index (κ2) is 8.84. The van der Waals surface area contributed by atoms with Gasteiger partial charge < -0.3 is 9.88 Å². The lowest BCUT2D eigenvalue weighted by Crippen LogP contribution is -2.17. The molecule has 0 saturated carbocycles. The predicted octanol–water partition coefficient (Wildman–Crippen LogP) is 4.71. The molecule has 3 aromatic heterocycles. The highest BCUT2D eigenvalue weighted by atomic mass is 32.1. The summed E-state index contributed by atoms with van der Waals surface area (Å²) in [4.78, 5) is 5.76. The lowest BCUT2D eigenvalue weighted by atomic mass is 10.1. The number of aromatic nitrogens is 4. The Morgan fingerprint density at radius 3 is 2.62 bits per heavy atom. The monoisotopic (exact) mass is 405 g/mol. The van der Waals surface area contributed by atoms with Gasteiger partial charge in [0.1, 0.15) is 0 Å². The Labute approximate surface area is 177 Å². The molecule has 5 nitrogen and oxygen atoms in total. The first kappa shape index (κ1) is 19.7. The highest BCUT2D eigenvalue weighted by molar-refractivity contribution is 7.80. The van der Waals surface area contributed by atoms with Crippen molar-refractivity contribution in [2.75, 3.05) is 6.54 Å². The van der Waals surface area contributed by atoms with Crippen LogP contribution < -0.4 is 5.32 Å². The molecule has 2 atom stereocenters. The van der Waals surface area contributed by atoms with Crippen molar-refractivity contribution in [1.29, 1.82) is 0 Å². The van der Waals surface area contributed by atoms with Crippen molar-refractivity contribution in [3.05, 3.63) is 66.6 Å². The quantitative estimate of drug-likeness (QED) is 0.433. The van der Waals surface area contributed by atoms with Crippen molar-refractivity contribution in [3.63, 3.8) is 0 Å². The van der Waals surface area contributed by atoms with E-state index in [0.717, 1.165) is 34.8 Å². The van der Waals surface area contributed by atoms with Crippen LogP contribution in [-0.4, -0.2) is 32.3 Å². The Balaban J connectivity index is 0.000000216. The molecule has 2 N–H and O–H groups in total. The molecular weight excluding hydrogens is 378 g/mol. The molecule has 1 aliphatic rings. The van der Waals surface area contributed by atoms with Gasteiger partial charge in [0, 0.05) is 35.4 Å². The van der Waals surface area contributed by atoms with E-state index < -0.39 is 0 Å². The van der Waals surface area contributed by atoms with E-state index in [1.807, 2.05) is 30.5 Å². The molecular formula is C23H27N5S. The molecule has 0 radical (unpaired) electrons. The van der Waals surface area contributed by atoms with Crippen molar-refractivity contribution >= 4 is 23.7 Å². The van der Waals surface area contributed by atoms with Crippen LogP contribution in [0.3, 0.4) is 0 Å². The van der Waals surface area contributed by atoms with Crippen molar-refractivity contribution in [2.45, 2.75) is 37.8 Å². The average molecular weight is 406 g/mol. The minimum atomic E-state index is 0.641. The number of benzene rings is 1. The Kier molecular flexibility index (Phi) is 6.02. The normalized spacial score (nSPS) is 18.6. The molecule has 1 saturated heterocycles. The van der Waals surface area contributed by atoms with Crippen molar-refractivity contribution < 1.29 is 0 Å². The minimum Gasteiger partial charge on any atom is -0.346 e. The van der Waals surface area contributed by atoms with Crippen LogP contribution in [0.2, 0.25) is 0 Å². The maximum Gasteiger partial charge on any atom is 0.0888 e. The first-order valence-corrected chi connectivity index (χ1v) is 10.5. The molecule has 6 heteroatoms. The van der Waals surface area contributed by atoms with Gasteiger partial charge >= 0.3 is 0 Å².